The van der Waals surface area contributed by atoms with Crippen molar-refractivity contribution in [1.29, 1.82) is 0 Å². The SMILES string of the molecule is Cc1ccc(-c2ncccn2)c(C(=O)N2CC3CC34CC(Nc3ccc(C(F)(F)F)nn3)C24)n1. The van der Waals surface area contributed by atoms with Crippen LogP contribution in [0.1, 0.15) is 34.7 Å². The lowest BCUT2D eigenvalue weighted by Gasteiger charge is -2.48. The zero-order valence-electron chi connectivity index (χ0n) is 18.1. The normalized spacial score (nSPS) is 26.9. The Labute approximate surface area is 192 Å². The number of nitrogens with zero attached hydrogens (tertiary/aromatic N) is 6. The van der Waals surface area contributed by atoms with Gasteiger partial charge in [-0.15, -0.1) is 10.2 Å². The lowest BCUT2D eigenvalue weighted by Crippen LogP contribution is -2.60. The molecule has 0 bridgehead atoms. The number of likely N-dealkylation sites (tertiary alicyclic amines) is 1. The number of alkyl halides is 3. The second-order valence-corrected chi connectivity index (χ2v) is 9.21. The molecular formula is C23H20F3N7O. The first-order chi connectivity index (χ1) is 16.3. The fraction of sp³-hybridized carbons (Fsp3) is 0.391. The molecule has 3 aliphatic rings. The van der Waals surface area contributed by atoms with Gasteiger partial charge in [0.05, 0.1) is 11.6 Å². The number of hydrogen-bond acceptors (Lipinski definition) is 7. The highest BCUT2D eigenvalue weighted by Gasteiger charge is 2.75. The molecule has 1 N–H and O–H groups in total. The highest BCUT2D eigenvalue weighted by atomic mass is 19.4. The van der Waals surface area contributed by atoms with Gasteiger partial charge in [0.2, 0.25) is 0 Å². The standard InChI is InChI=1S/C23H20F3N7O/c1-12-3-4-14(20-27-7-2-8-28-20)18(29-12)21(34)33-11-13-9-22(13)10-15(19(22)33)30-17-6-5-16(31-32-17)23(24,25)26/h2-8,13,15,19H,9-11H2,1H3,(H,30,32). The highest BCUT2D eigenvalue weighted by Crippen LogP contribution is 2.71. The maximum atomic E-state index is 13.7. The van der Waals surface area contributed by atoms with E-state index in [1.165, 1.54) is 6.07 Å². The number of carbonyl (C=O) groups is 1. The molecule has 1 amide bonds. The fourth-order valence-electron chi connectivity index (χ4n) is 5.58. The first-order valence-electron chi connectivity index (χ1n) is 11.0. The van der Waals surface area contributed by atoms with E-state index in [1.54, 1.807) is 18.5 Å². The summed E-state index contributed by atoms with van der Waals surface area (Å²) in [6, 6.07) is 7.32. The minimum atomic E-state index is -4.54. The van der Waals surface area contributed by atoms with Crippen molar-refractivity contribution in [3.05, 3.63) is 59.8 Å². The Morgan fingerprint density at radius 3 is 2.62 bits per heavy atom. The Bertz CT molecular complexity index is 1270. The smallest absolute Gasteiger partial charge is 0.364 e. The van der Waals surface area contributed by atoms with Crippen LogP contribution in [0, 0.1) is 18.3 Å². The third-order valence-corrected chi connectivity index (χ3v) is 7.20. The van der Waals surface area contributed by atoms with Crippen molar-refractivity contribution in [3.8, 4) is 11.4 Å². The van der Waals surface area contributed by atoms with Gasteiger partial charge >= 0.3 is 6.18 Å². The number of halogens is 3. The predicted octanol–water partition coefficient (Wildman–Crippen LogP) is 3.37. The summed E-state index contributed by atoms with van der Waals surface area (Å²) in [4.78, 5) is 28.7. The van der Waals surface area contributed by atoms with E-state index in [9.17, 15) is 18.0 Å². The third kappa shape index (κ3) is 3.21. The van der Waals surface area contributed by atoms with Gasteiger partial charge in [0.25, 0.3) is 5.91 Å². The molecule has 3 fully saturated rings. The molecular weight excluding hydrogens is 447 g/mol. The second kappa shape index (κ2) is 7.18. The van der Waals surface area contributed by atoms with Crippen molar-refractivity contribution < 1.29 is 18.0 Å². The highest BCUT2D eigenvalue weighted by molar-refractivity contribution is 5.99. The van der Waals surface area contributed by atoms with Crippen molar-refractivity contribution in [2.45, 2.75) is 38.0 Å². The molecule has 34 heavy (non-hydrogen) atoms. The number of nitrogens with one attached hydrogen (secondary N) is 1. The number of pyridine rings is 1. The van der Waals surface area contributed by atoms with E-state index < -0.39 is 11.9 Å². The maximum Gasteiger partial charge on any atom is 0.435 e. The van der Waals surface area contributed by atoms with E-state index in [0.29, 0.717) is 35.2 Å². The van der Waals surface area contributed by atoms with Crippen LogP contribution in [0.3, 0.4) is 0 Å². The molecule has 3 aromatic heterocycles. The number of rotatable bonds is 4. The van der Waals surface area contributed by atoms with Crippen LogP contribution in [-0.2, 0) is 6.18 Å². The second-order valence-electron chi connectivity index (χ2n) is 9.21. The molecule has 0 radical (unpaired) electrons. The molecule has 11 heteroatoms. The van der Waals surface area contributed by atoms with Crippen molar-refractivity contribution in [2.24, 2.45) is 11.3 Å². The van der Waals surface area contributed by atoms with Crippen LogP contribution in [0.2, 0.25) is 0 Å². The van der Waals surface area contributed by atoms with E-state index >= 15 is 0 Å². The molecule has 1 saturated heterocycles. The first kappa shape index (κ1) is 20.9. The molecule has 1 aliphatic heterocycles. The first-order valence-corrected chi connectivity index (χ1v) is 11.0. The molecule has 4 unspecified atom stereocenters. The van der Waals surface area contributed by atoms with Crippen LogP contribution in [0.4, 0.5) is 19.0 Å². The van der Waals surface area contributed by atoms with Gasteiger partial charge in [0.1, 0.15) is 11.5 Å². The van der Waals surface area contributed by atoms with E-state index in [0.717, 1.165) is 18.9 Å². The van der Waals surface area contributed by atoms with Crippen molar-refractivity contribution >= 4 is 11.7 Å². The molecule has 1 spiro atoms. The maximum absolute atomic E-state index is 13.7. The molecule has 8 nitrogen and oxygen atoms in total. The molecule has 4 heterocycles. The molecule has 3 aromatic rings. The number of amides is 1. The lowest BCUT2D eigenvalue weighted by atomic mass is 9.71. The number of carbonyl (C=O) groups excluding carboxylic acids is 1. The van der Waals surface area contributed by atoms with Crippen molar-refractivity contribution in [1.82, 2.24) is 30.0 Å². The molecule has 4 atom stereocenters. The number of anilines is 1. The lowest BCUT2D eigenvalue weighted by molar-refractivity contribution is -0.141. The number of piperidine rings is 1. The third-order valence-electron chi connectivity index (χ3n) is 7.20. The monoisotopic (exact) mass is 467 g/mol. The summed E-state index contributed by atoms with van der Waals surface area (Å²) in [5.41, 5.74) is 0.625. The van der Waals surface area contributed by atoms with Crippen LogP contribution in [0.25, 0.3) is 11.4 Å². The molecule has 0 aromatic carbocycles. The number of hydrogen-bond donors (Lipinski definition) is 1. The van der Waals surface area contributed by atoms with Gasteiger partial charge in [-0.2, -0.15) is 13.2 Å². The van der Waals surface area contributed by atoms with Crippen molar-refractivity contribution in [2.75, 3.05) is 11.9 Å². The van der Waals surface area contributed by atoms with Gasteiger partial charge < -0.3 is 10.2 Å². The van der Waals surface area contributed by atoms with Gasteiger partial charge in [0, 0.05) is 30.7 Å². The largest absolute Gasteiger partial charge is 0.435 e. The van der Waals surface area contributed by atoms with Crippen molar-refractivity contribution in [3.63, 3.8) is 0 Å². The van der Waals surface area contributed by atoms with Gasteiger partial charge in [-0.1, -0.05) is 0 Å². The summed E-state index contributed by atoms with van der Waals surface area (Å²) in [6.07, 6.45) is 0.586. The predicted molar refractivity (Wildman–Crippen MR) is 114 cm³/mol. The summed E-state index contributed by atoms with van der Waals surface area (Å²) >= 11 is 0. The summed E-state index contributed by atoms with van der Waals surface area (Å²) in [5, 5.41) is 10.2. The van der Waals surface area contributed by atoms with Gasteiger partial charge in [-0.25, -0.2) is 15.0 Å². The summed E-state index contributed by atoms with van der Waals surface area (Å²) in [6.45, 7) is 2.46. The Balaban J connectivity index is 1.26. The zero-order valence-corrected chi connectivity index (χ0v) is 18.1. The van der Waals surface area contributed by atoms with Gasteiger partial charge in [0.15, 0.2) is 11.5 Å². The van der Waals surface area contributed by atoms with E-state index in [-0.39, 0.29) is 29.2 Å². The van der Waals surface area contributed by atoms with Crippen LogP contribution in [0.15, 0.2) is 42.7 Å². The van der Waals surface area contributed by atoms with E-state index in [1.807, 2.05) is 24.0 Å². The molecule has 6 rings (SSSR count). The Kier molecular flexibility index (Phi) is 4.42. The van der Waals surface area contributed by atoms with Crippen LogP contribution in [-0.4, -0.2) is 54.6 Å². The Morgan fingerprint density at radius 2 is 1.91 bits per heavy atom. The molecule has 2 aliphatic carbocycles. The molecule has 174 valence electrons. The minimum Gasteiger partial charge on any atom is -0.364 e. The van der Waals surface area contributed by atoms with Crippen LogP contribution >= 0.6 is 0 Å². The average molecular weight is 467 g/mol. The zero-order chi connectivity index (χ0) is 23.7. The average Bonchev–Trinajstić information content (AvgIpc) is 3.47. The summed E-state index contributed by atoms with van der Waals surface area (Å²) in [5.74, 6) is 0.935. The topological polar surface area (TPSA) is 96.8 Å². The quantitative estimate of drug-likeness (QED) is 0.628. The number of aryl methyl sites for hydroxylation is 1. The Morgan fingerprint density at radius 1 is 1.12 bits per heavy atom. The fourth-order valence-corrected chi connectivity index (χ4v) is 5.58. The molecule has 2 saturated carbocycles. The van der Waals surface area contributed by atoms with Gasteiger partial charge in [-0.05, 0) is 61.4 Å². The van der Waals surface area contributed by atoms with Crippen LogP contribution in [0.5, 0.6) is 0 Å². The Hall–Kier alpha value is -3.63. The number of aromatic nitrogens is 5. The summed E-state index contributed by atoms with van der Waals surface area (Å²) < 4.78 is 38.4. The van der Waals surface area contributed by atoms with E-state index in [4.69, 9.17) is 0 Å². The summed E-state index contributed by atoms with van der Waals surface area (Å²) in [7, 11) is 0. The van der Waals surface area contributed by atoms with Crippen LogP contribution < -0.4 is 5.32 Å². The van der Waals surface area contributed by atoms with Gasteiger partial charge in [-0.3, -0.25) is 4.79 Å². The van der Waals surface area contributed by atoms with E-state index in [2.05, 4.69) is 30.5 Å². The minimum absolute atomic E-state index is 0.0693.